The number of thiophene rings is 1. The van der Waals surface area contributed by atoms with E-state index in [0.29, 0.717) is 0 Å². The van der Waals surface area contributed by atoms with E-state index in [1.807, 2.05) is 6.92 Å². The molecular formula is C10H16BrNOS. The Hall–Kier alpha value is 0.1000. The van der Waals surface area contributed by atoms with E-state index < -0.39 is 0 Å². The fourth-order valence-electron chi connectivity index (χ4n) is 1.04. The predicted octanol–water partition coefficient (Wildman–Crippen LogP) is 2.76. The monoisotopic (exact) mass is 277 g/mol. The van der Waals surface area contributed by atoms with Crippen molar-refractivity contribution in [1.82, 2.24) is 5.32 Å². The van der Waals surface area contributed by atoms with Crippen molar-refractivity contribution < 1.29 is 5.11 Å². The molecule has 1 unspecified atom stereocenters. The van der Waals surface area contributed by atoms with Crippen LogP contribution in [0.5, 0.6) is 0 Å². The average molecular weight is 278 g/mol. The molecule has 0 saturated carbocycles. The minimum absolute atomic E-state index is 0.156. The molecular weight excluding hydrogens is 262 g/mol. The highest BCUT2D eigenvalue weighted by atomic mass is 79.9. The second-order valence-corrected chi connectivity index (χ2v) is 5.57. The maximum Gasteiger partial charge on any atom is 0.0610 e. The first-order chi connectivity index (χ1) is 6.59. The van der Waals surface area contributed by atoms with Gasteiger partial charge in [0, 0.05) is 26.8 Å². The van der Waals surface area contributed by atoms with E-state index in [-0.39, 0.29) is 12.1 Å². The number of rotatable bonds is 5. The quantitative estimate of drug-likeness (QED) is 0.868. The summed E-state index contributed by atoms with van der Waals surface area (Å²) in [5.74, 6) is 0. The zero-order valence-corrected chi connectivity index (χ0v) is 10.9. The summed E-state index contributed by atoms with van der Waals surface area (Å²) in [5, 5.41) is 14.6. The van der Waals surface area contributed by atoms with E-state index in [1.165, 1.54) is 4.88 Å². The predicted molar refractivity (Wildman–Crippen MR) is 64.6 cm³/mol. The third-order valence-electron chi connectivity index (χ3n) is 2.44. The van der Waals surface area contributed by atoms with Gasteiger partial charge in [-0.15, -0.1) is 11.3 Å². The second-order valence-electron chi connectivity index (χ2n) is 3.66. The minimum Gasteiger partial charge on any atom is -0.394 e. The van der Waals surface area contributed by atoms with E-state index in [0.717, 1.165) is 17.4 Å². The molecule has 2 nitrogen and oxygen atoms in total. The normalized spacial score (nSPS) is 15.4. The van der Waals surface area contributed by atoms with Crippen LogP contribution in [0.1, 0.15) is 25.1 Å². The highest BCUT2D eigenvalue weighted by Gasteiger charge is 2.19. The second kappa shape index (κ2) is 5.26. The molecule has 0 aliphatic heterocycles. The van der Waals surface area contributed by atoms with Crippen molar-refractivity contribution in [3.8, 4) is 0 Å². The molecule has 1 aromatic rings. The maximum atomic E-state index is 9.20. The number of hydrogen-bond donors (Lipinski definition) is 2. The summed E-state index contributed by atoms with van der Waals surface area (Å²) in [7, 11) is 0. The molecule has 0 fully saturated rings. The molecule has 1 rings (SSSR count). The Morgan fingerprint density at radius 2 is 2.36 bits per heavy atom. The van der Waals surface area contributed by atoms with Gasteiger partial charge in [0.2, 0.25) is 0 Å². The first-order valence-electron chi connectivity index (χ1n) is 4.68. The molecule has 0 amide bonds. The van der Waals surface area contributed by atoms with Crippen molar-refractivity contribution in [2.75, 3.05) is 6.61 Å². The van der Waals surface area contributed by atoms with Gasteiger partial charge in [0.05, 0.1) is 6.61 Å². The summed E-state index contributed by atoms with van der Waals surface area (Å²) >= 11 is 5.14. The molecule has 4 heteroatoms. The van der Waals surface area contributed by atoms with E-state index in [9.17, 15) is 5.11 Å². The van der Waals surface area contributed by atoms with Crippen LogP contribution in [0.3, 0.4) is 0 Å². The third kappa shape index (κ3) is 3.35. The zero-order valence-electron chi connectivity index (χ0n) is 8.51. The van der Waals surface area contributed by atoms with Crippen molar-refractivity contribution in [1.29, 1.82) is 0 Å². The van der Waals surface area contributed by atoms with Crippen molar-refractivity contribution in [3.63, 3.8) is 0 Å². The van der Waals surface area contributed by atoms with Gasteiger partial charge in [0.25, 0.3) is 0 Å². The first kappa shape index (κ1) is 12.2. The zero-order chi connectivity index (χ0) is 10.6. The number of aliphatic hydroxyl groups excluding tert-OH is 1. The van der Waals surface area contributed by atoms with Gasteiger partial charge in [-0.25, -0.2) is 0 Å². The van der Waals surface area contributed by atoms with Crippen LogP contribution in [0, 0.1) is 0 Å². The summed E-state index contributed by atoms with van der Waals surface area (Å²) in [4.78, 5) is 1.28. The molecule has 1 atom stereocenters. The smallest absolute Gasteiger partial charge is 0.0610 e. The van der Waals surface area contributed by atoms with Crippen LogP contribution in [0.2, 0.25) is 0 Å². The molecule has 0 saturated heterocycles. The fraction of sp³-hybridized carbons (Fsp3) is 0.600. The lowest BCUT2D eigenvalue weighted by atomic mass is 10.0. The van der Waals surface area contributed by atoms with Gasteiger partial charge in [0.15, 0.2) is 0 Å². The number of hydrogen-bond acceptors (Lipinski definition) is 3. The maximum absolute atomic E-state index is 9.20. The van der Waals surface area contributed by atoms with Gasteiger partial charge < -0.3 is 10.4 Å². The molecule has 0 aliphatic rings. The average Bonchev–Trinajstić information content (AvgIpc) is 2.61. The lowest BCUT2D eigenvalue weighted by Gasteiger charge is -2.26. The lowest BCUT2D eigenvalue weighted by Crippen LogP contribution is -2.44. The number of nitrogens with one attached hydrogen (secondary N) is 1. The minimum atomic E-state index is -0.156. The van der Waals surface area contributed by atoms with Gasteiger partial charge in [-0.3, -0.25) is 0 Å². The van der Waals surface area contributed by atoms with Gasteiger partial charge in [-0.1, -0.05) is 6.92 Å². The highest BCUT2D eigenvalue weighted by molar-refractivity contribution is 9.10. The molecule has 1 heterocycles. The summed E-state index contributed by atoms with van der Waals surface area (Å²) in [6.07, 6.45) is 0.927. The van der Waals surface area contributed by atoms with Gasteiger partial charge >= 0.3 is 0 Å². The Balaban J connectivity index is 2.47. The molecule has 0 spiro atoms. The van der Waals surface area contributed by atoms with E-state index in [2.05, 4.69) is 39.6 Å². The van der Waals surface area contributed by atoms with Crippen LogP contribution < -0.4 is 5.32 Å². The molecule has 80 valence electrons. The Morgan fingerprint density at radius 3 is 2.79 bits per heavy atom. The Labute approximate surface area is 97.5 Å². The molecule has 1 aromatic heterocycles. The van der Waals surface area contributed by atoms with Crippen molar-refractivity contribution in [3.05, 3.63) is 20.8 Å². The summed E-state index contributed by atoms with van der Waals surface area (Å²) in [6.45, 7) is 5.11. The Kier molecular flexibility index (Phi) is 4.57. The van der Waals surface area contributed by atoms with Crippen LogP contribution in [-0.2, 0) is 6.54 Å². The molecule has 0 radical (unpaired) electrons. The first-order valence-corrected chi connectivity index (χ1v) is 6.36. The summed E-state index contributed by atoms with van der Waals surface area (Å²) in [5.41, 5.74) is -0.156. The van der Waals surface area contributed by atoms with Gasteiger partial charge in [-0.05, 0) is 35.3 Å². The van der Waals surface area contributed by atoms with Crippen molar-refractivity contribution in [2.24, 2.45) is 0 Å². The van der Waals surface area contributed by atoms with E-state index in [1.54, 1.807) is 11.3 Å². The Morgan fingerprint density at radius 1 is 1.64 bits per heavy atom. The van der Waals surface area contributed by atoms with Gasteiger partial charge in [-0.2, -0.15) is 0 Å². The highest BCUT2D eigenvalue weighted by Crippen LogP contribution is 2.20. The Bertz CT molecular complexity index is 283. The molecule has 0 aliphatic carbocycles. The van der Waals surface area contributed by atoms with E-state index in [4.69, 9.17) is 0 Å². The third-order valence-corrected chi connectivity index (χ3v) is 4.14. The summed E-state index contributed by atoms with van der Waals surface area (Å²) < 4.78 is 1.13. The van der Waals surface area contributed by atoms with Crippen LogP contribution >= 0.6 is 27.3 Å². The fourth-order valence-corrected chi connectivity index (χ4v) is 2.43. The van der Waals surface area contributed by atoms with E-state index >= 15 is 0 Å². The molecule has 2 N–H and O–H groups in total. The standard InChI is InChI=1S/C10H16BrNOS/c1-3-10(2,7-13)12-5-9-4-8(11)6-14-9/h4,6,12-13H,3,5,7H2,1-2H3. The topological polar surface area (TPSA) is 32.3 Å². The van der Waals surface area contributed by atoms with Crippen molar-refractivity contribution >= 4 is 27.3 Å². The largest absolute Gasteiger partial charge is 0.394 e. The molecule has 0 bridgehead atoms. The van der Waals surface area contributed by atoms with Crippen LogP contribution in [0.4, 0.5) is 0 Å². The lowest BCUT2D eigenvalue weighted by molar-refractivity contribution is 0.169. The molecule has 14 heavy (non-hydrogen) atoms. The summed E-state index contributed by atoms with van der Waals surface area (Å²) in [6, 6.07) is 2.10. The van der Waals surface area contributed by atoms with Gasteiger partial charge in [0.1, 0.15) is 0 Å². The van der Waals surface area contributed by atoms with Crippen molar-refractivity contribution in [2.45, 2.75) is 32.4 Å². The van der Waals surface area contributed by atoms with Crippen LogP contribution in [-0.4, -0.2) is 17.3 Å². The number of aliphatic hydroxyl groups is 1. The van der Waals surface area contributed by atoms with Crippen LogP contribution in [0.15, 0.2) is 15.9 Å². The number of halogens is 1. The van der Waals surface area contributed by atoms with Crippen LogP contribution in [0.25, 0.3) is 0 Å². The SMILES string of the molecule is CCC(C)(CO)NCc1cc(Br)cs1. The molecule has 0 aromatic carbocycles.